The molecule has 0 bridgehead atoms. The van der Waals surface area contributed by atoms with Gasteiger partial charge in [-0.25, -0.2) is 0 Å². The van der Waals surface area contributed by atoms with Gasteiger partial charge in [-0.05, 0) is 19.8 Å². The van der Waals surface area contributed by atoms with Crippen LogP contribution in [-0.4, -0.2) is 25.2 Å². The molecule has 1 atom stereocenters. The maximum atomic E-state index is 11.9. The zero-order valence-electron chi connectivity index (χ0n) is 9.12. The van der Waals surface area contributed by atoms with Crippen molar-refractivity contribution in [3.63, 3.8) is 0 Å². The average Bonchev–Trinajstić information content (AvgIpc) is 2.13. The van der Waals surface area contributed by atoms with Crippen LogP contribution in [0.1, 0.15) is 33.6 Å². The first-order chi connectivity index (χ1) is 6.54. The highest BCUT2D eigenvalue weighted by Crippen LogP contribution is 2.48. The quantitative estimate of drug-likeness (QED) is 0.592. The molecule has 0 N–H and O–H groups in total. The predicted molar refractivity (Wildman–Crippen MR) is 55.6 cm³/mol. The Morgan fingerprint density at radius 2 is 1.86 bits per heavy atom. The number of Topliss-reactive ketones (excluding diaryl/α,β-unsaturated/α-hetero) is 1. The lowest BCUT2D eigenvalue weighted by Gasteiger charge is -2.16. The van der Waals surface area contributed by atoms with Gasteiger partial charge in [0.2, 0.25) is 0 Å². The smallest absolute Gasteiger partial charge is 0.309 e. The number of ketones is 1. The van der Waals surface area contributed by atoms with Crippen LogP contribution >= 0.6 is 7.60 Å². The highest BCUT2D eigenvalue weighted by atomic mass is 31.2. The van der Waals surface area contributed by atoms with Crippen LogP contribution in [0.25, 0.3) is 0 Å². The molecule has 0 fully saturated rings. The summed E-state index contributed by atoms with van der Waals surface area (Å²) in [7, 11) is -3.01. The summed E-state index contributed by atoms with van der Waals surface area (Å²) in [5.41, 5.74) is 0. The number of rotatable bonds is 8. The van der Waals surface area contributed by atoms with Gasteiger partial charge in [-0.1, -0.05) is 13.8 Å². The highest BCUT2D eigenvalue weighted by Gasteiger charge is 2.23. The topological polar surface area (TPSA) is 52.6 Å². The minimum Gasteiger partial charge on any atom is -0.309 e. The molecule has 0 aromatic heterocycles. The Morgan fingerprint density at radius 1 is 1.21 bits per heavy atom. The minimum atomic E-state index is -3.01. The van der Waals surface area contributed by atoms with Gasteiger partial charge in [0.05, 0.1) is 6.61 Å². The lowest BCUT2D eigenvalue weighted by atomic mass is 10.5. The van der Waals surface area contributed by atoms with Crippen molar-refractivity contribution in [3.05, 3.63) is 0 Å². The number of hydrogen-bond acceptors (Lipinski definition) is 4. The lowest BCUT2D eigenvalue weighted by molar-refractivity contribution is -0.119. The van der Waals surface area contributed by atoms with Gasteiger partial charge in [0, 0.05) is 6.16 Å². The van der Waals surface area contributed by atoms with E-state index in [1.807, 2.05) is 13.8 Å². The Balaban J connectivity index is 4.09. The molecule has 0 heterocycles. The van der Waals surface area contributed by atoms with E-state index in [0.717, 1.165) is 12.8 Å². The van der Waals surface area contributed by atoms with Crippen LogP contribution in [0.15, 0.2) is 0 Å². The molecule has 0 aliphatic rings. The zero-order valence-corrected chi connectivity index (χ0v) is 10.0. The van der Waals surface area contributed by atoms with Crippen molar-refractivity contribution in [2.45, 2.75) is 33.6 Å². The molecule has 0 saturated carbocycles. The van der Waals surface area contributed by atoms with E-state index in [2.05, 4.69) is 0 Å². The summed E-state index contributed by atoms with van der Waals surface area (Å²) in [4.78, 5) is 10.7. The average molecular weight is 222 g/mol. The van der Waals surface area contributed by atoms with Crippen LogP contribution < -0.4 is 0 Å². The van der Waals surface area contributed by atoms with Crippen LogP contribution in [0.2, 0.25) is 0 Å². The van der Waals surface area contributed by atoms with E-state index in [0.29, 0.717) is 12.8 Å². The third-order valence-corrected chi connectivity index (χ3v) is 3.55. The Morgan fingerprint density at radius 3 is 2.29 bits per heavy atom. The zero-order chi connectivity index (χ0) is 11.0. The van der Waals surface area contributed by atoms with Crippen molar-refractivity contribution < 1.29 is 18.4 Å². The molecule has 4 nitrogen and oxygen atoms in total. The summed E-state index contributed by atoms with van der Waals surface area (Å²) >= 11 is 0. The second-order valence-corrected chi connectivity index (χ2v) is 5.33. The Kier molecular flexibility index (Phi) is 7.06. The van der Waals surface area contributed by atoms with Crippen LogP contribution in [0.5, 0.6) is 0 Å². The largest absolute Gasteiger partial charge is 0.331 e. The molecule has 0 rings (SSSR count). The van der Waals surface area contributed by atoms with Crippen molar-refractivity contribution in [2.75, 3.05) is 19.4 Å². The van der Waals surface area contributed by atoms with Crippen molar-refractivity contribution >= 4 is 13.4 Å². The van der Waals surface area contributed by atoms with Crippen LogP contribution in [-0.2, 0) is 18.4 Å². The molecule has 5 heteroatoms. The van der Waals surface area contributed by atoms with E-state index in [9.17, 15) is 9.36 Å². The van der Waals surface area contributed by atoms with Gasteiger partial charge in [-0.2, -0.15) is 0 Å². The summed E-state index contributed by atoms with van der Waals surface area (Å²) in [5, 5.41) is 0. The normalized spacial score (nSPS) is 15.1. The SMILES string of the molecule is CCCOP(=O)(CCC)OCC(C)=O. The van der Waals surface area contributed by atoms with E-state index in [-0.39, 0.29) is 12.4 Å². The number of carbonyl (C=O) groups excluding carboxylic acids is 1. The summed E-state index contributed by atoms with van der Waals surface area (Å²) in [6.45, 7) is 5.52. The van der Waals surface area contributed by atoms with E-state index in [1.54, 1.807) is 0 Å². The molecule has 0 aromatic carbocycles. The molecule has 0 saturated heterocycles. The second kappa shape index (κ2) is 7.16. The fraction of sp³-hybridized carbons (Fsp3) is 0.889. The van der Waals surface area contributed by atoms with Gasteiger partial charge < -0.3 is 9.05 Å². The maximum absolute atomic E-state index is 11.9. The van der Waals surface area contributed by atoms with Gasteiger partial charge in [-0.15, -0.1) is 0 Å². The van der Waals surface area contributed by atoms with Crippen LogP contribution in [0, 0.1) is 0 Å². The molecule has 0 amide bonds. The molecule has 84 valence electrons. The molecule has 1 unspecified atom stereocenters. The summed E-state index contributed by atoms with van der Waals surface area (Å²) in [5.74, 6) is -0.138. The molecular weight excluding hydrogens is 203 g/mol. The predicted octanol–water partition coefficient (Wildman–Crippen LogP) is 2.62. The first-order valence-corrected chi connectivity index (χ1v) is 6.64. The summed E-state index contributed by atoms with van der Waals surface area (Å²) in [6, 6.07) is 0. The van der Waals surface area contributed by atoms with Crippen molar-refractivity contribution in [3.8, 4) is 0 Å². The molecule has 14 heavy (non-hydrogen) atoms. The van der Waals surface area contributed by atoms with E-state index in [4.69, 9.17) is 9.05 Å². The third-order valence-electron chi connectivity index (χ3n) is 1.45. The minimum absolute atomic E-state index is 0.124. The third kappa shape index (κ3) is 6.30. The molecular formula is C9H19O4P. The van der Waals surface area contributed by atoms with Crippen molar-refractivity contribution in [1.29, 1.82) is 0 Å². The number of carbonyl (C=O) groups is 1. The van der Waals surface area contributed by atoms with Gasteiger partial charge >= 0.3 is 7.60 Å². The van der Waals surface area contributed by atoms with E-state index in [1.165, 1.54) is 6.92 Å². The van der Waals surface area contributed by atoms with Gasteiger partial charge in [0.1, 0.15) is 6.61 Å². The Labute approximate surface area is 85.5 Å². The fourth-order valence-electron chi connectivity index (χ4n) is 0.860. The Hall–Kier alpha value is -0.180. The fourth-order valence-corrected chi connectivity index (χ4v) is 2.58. The molecule has 0 aliphatic carbocycles. The standard InChI is InChI=1S/C9H19O4P/c1-4-6-12-14(11,7-5-2)13-8-9(3)10/h4-8H2,1-3H3. The van der Waals surface area contributed by atoms with Crippen LogP contribution in [0.4, 0.5) is 0 Å². The lowest BCUT2D eigenvalue weighted by Crippen LogP contribution is -2.07. The molecule has 0 radical (unpaired) electrons. The summed E-state index contributed by atoms with van der Waals surface area (Å²) < 4.78 is 22.0. The highest BCUT2D eigenvalue weighted by molar-refractivity contribution is 7.53. The van der Waals surface area contributed by atoms with E-state index >= 15 is 0 Å². The molecule has 0 spiro atoms. The monoisotopic (exact) mass is 222 g/mol. The van der Waals surface area contributed by atoms with Gasteiger partial charge in [-0.3, -0.25) is 9.36 Å². The first-order valence-electron chi connectivity index (χ1n) is 4.91. The van der Waals surface area contributed by atoms with Crippen LogP contribution in [0.3, 0.4) is 0 Å². The Bertz CT molecular complexity index is 215. The van der Waals surface area contributed by atoms with Crippen molar-refractivity contribution in [2.24, 2.45) is 0 Å². The van der Waals surface area contributed by atoms with Gasteiger partial charge in [0.15, 0.2) is 5.78 Å². The summed E-state index contributed by atoms with van der Waals surface area (Å²) in [6.07, 6.45) is 1.89. The van der Waals surface area contributed by atoms with E-state index < -0.39 is 7.60 Å². The van der Waals surface area contributed by atoms with Crippen molar-refractivity contribution in [1.82, 2.24) is 0 Å². The second-order valence-electron chi connectivity index (χ2n) is 3.14. The molecule has 0 aromatic rings. The van der Waals surface area contributed by atoms with Gasteiger partial charge in [0.25, 0.3) is 0 Å². The number of hydrogen-bond donors (Lipinski definition) is 0. The first kappa shape index (κ1) is 13.8. The maximum Gasteiger partial charge on any atom is 0.331 e. The molecule has 0 aliphatic heterocycles.